The van der Waals surface area contributed by atoms with Crippen LogP contribution in [0, 0.1) is 4.77 Å². The highest BCUT2D eigenvalue weighted by molar-refractivity contribution is 7.71. The molecule has 0 atom stereocenters. The summed E-state index contributed by atoms with van der Waals surface area (Å²) in [7, 11) is 0. The van der Waals surface area contributed by atoms with Gasteiger partial charge in [0.15, 0.2) is 16.3 Å². The number of carbonyl (C=O) groups excluding carboxylic acids is 1. The Morgan fingerprint density at radius 3 is 2.52 bits per heavy atom. The first-order valence-corrected chi connectivity index (χ1v) is 10.8. The lowest BCUT2D eigenvalue weighted by molar-refractivity contribution is 0.0954. The highest BCUT2D eigenvalue weighted by Crippen LogP contribution is 2.28. The van der Waals surface area contributed by atoms with Gasteiger partial charge in [0.25, 0.3) is 11.5 Å². The van der Waals surface area contributed by atoms with Gasteiger partial charge in [0.1, 0.15) is 0 Å². The quantitative estimate of drug-likeness (QED) is 0.493. The van der Waals surface area contributed by atoms with Gasteiger partial charge in [-0.3, -0.25) is 14.2 Å². The van der Waals surface area contributed by atoms with E-state index in [1.807, 2.05) is 39.0 Å². The monoisotopic (exact) mass is 441 g/mol. The van der Waals surface area contributed by atoms with E-state index in [0.29, 0.717) is 65.5 Å². The zero-order valence-corrected chi connectivity index (χ0v) is 18.8. The van der Waals surface area contributed by atoms with Crippen LogP contribution in [0.25, 0.3) is 10.9 Å². The number of hydrogen-bond donors (Lipinski definition) is 2. The maximum Gasteiger partial charge on any atom is 0.262 e. The van der Waals surface area contributed by atoms with Gasteiger partial charge in [-0.2, -0.15) is 0 Å². The number of rotatable bonds is 9. The van der Waals surface area contributed by atoms with Crippen LogP contribution in [0.4, 0.5) is 0 Å². The number of hydrogen-bond acceptors (Lipinski definition) is 5. The zero-order chi connectivity index (χ0) is 22.4. The average molecular weight is 442 g/mol. The van der Waals surface area contributed by atoms with Crippen molar-refractivity contribution in [3.63, 3.8) is 0 Å². The number of nitrogens with one attached hydrogen (secondary N) is 2. The average Bonchev–Trinajstić information content (AvgIpc) is 2.75. The van der Waals surface area contributed by atoms with Crippen molar-refractivity contribution in [2.24, 2.45) is 0 Å². The largest absolute Gasteiger partial charge is 0.490 e. The summed E-state index contributed by atoms with van der Waals surface area (Å²) in [4.78, 5) is 28.1. The van der Waals surface area contributed by atoms with E-state index in [1.54, 1.807) is 18.2 Å². The van der Waals surface area contributed by atoms with Crippen LogP contribution in [0.3, 0.4) is 0 Å². The Morgan fingerprint density at radius 1 is 1.06 bits per heavy atom. The minimum atomic E-state index is -0.211. The SMILES string of the molecule is CCOc1ccc(CCNC(=O)c2ccc3c(=O)n(CC)c(=S)[nH]c3c2)cc1OCC. The molecule has 0 saturated carbocycles. The molecular weight excluding hydrogens is 414 g/mol. The smallest absolute Gasteiger partial charge is 0.262 e. The molecular formula is C23H27N3O4S. The van der Waals surface area contributed by atoms with Gasteiger partial charge in [-0.05, 0) is 75.3 Å². The number of H-pyrrole nitrogens is 1. The van der Waals surface area contributed by atoms with Gasteiger partial charge < -0.3 is 19.8 Å². The van der Waals surface area contributed by atoms with Crippen LogP contribution >= 0.6 is 12.2 Å². The van der Waals surface area contributed by atoms with Crippen LogP contribution in [0.15, 0.2) is 41.2 Å². The second kappa shape index (κ2) is 10.3. The van der Waals surface area contributed by atoms with Gasteiger partial charge in [0, 0.05) is 18.7 Å². The van der Waals surface area contributed by atoms with Gasteiger partial charge >= 0.3 is 0 Å². The van der Waals surface area contributed by atoms with E-state index in [-0.39, 0.29) is 11.5 Å². The minimum absolute atomic E-state index is 0.159. The van der Waals surface area contributed by atoms with E-state index in [2.05, 4.69) is 10.3 Å². The fourth-order valence-corrected chi connectivity index (χ4v) is 3.68. The second-order valence-corrected chi connectivity index (χ2v) is 7.28. The standard InChI is InChI=1S/C23H27N3O4S/c1-4-26-22(28)17-9-8-16(14-18(17)25-23(26)31)21(27)24-12-11-15-7-10-19(29-5-2)20(13-15)30-6-3/h7-10,13-14H,4-6,11-12H2,1-3H3,(H,24,27)(H,25,31). The Labute approximate surface area is 186 Å². The molecule has 2 N–H and O–H groups in total. The fourth-order valence-electron chi connectivity index (χ4n) is 3.36. The molecule has 3 rings (SSSR count). The van der Waals surface area contributed by atoms with Gasteiger partial charge in [0.05, 0.1) is 24.1 Å². The lowest BCUT2D eigenvalue weighted by Crippen LogP contribution is -2.26. The highest BCUT2D eigenvalue weighted by Gasteiger charge is 2.11. The predicted molar refractivity (Wildman–Crippen MR) is 124 cm³/mol. The third-order valence-corrected chi connectivity index (χ3v) is 5.19. The summed E-state index contributed by atoms with van der Waals surface area (Å²) < 4.78 is 13.1. The molecule has 1 heterocycles. The molecule has 8 heteroatoms. The molecule has 0 fully saturated rings. The first-order chi connectivity index (χ1) is 15.0. The number of amides is 1. The maximum absolute atomic E-state index is 12.6. The number of aromatic amines is 1. The summed E-state index contributed by atoms with van der Waals surface area (Å²) >= 11 is 5.24. The van der Waals surface area contributed by atoms with Gasteiger partial charge in [0.2, 0.25) is 0 Å². The summed E-state index contributed by atoms with van der Waals surface area (Å²) in [5.41, 5.74) is 1.90. The number of ether oxygens (including phenoxy) is 2. The van der Waals surface area contributed by atoms with Crippen molar-refractivity contribution in [2.75, 3.05) is 19.8 Å². The highest BCUT2D eigenvalue weighted by atomic mass is 32.1. The third-order valence-electron chi connectivity index (χ3n) is 4.87. The lowest BCUT2D eigenvalue weighted by Gasteiger charge is -2.13. The fraction of sp³-hybridized carbons (Fsp3) is 0.348. The summed E-state index contributed by atoms with van der Waals surface area (Å²) in [5.74, 6) is 1.21. The molecule has 1 amide bonds. The Hall–Kier alpha value is -3.13. The van der Waals surface area contributed by atoms with Crippen LogP contribution in [0.5, 0.6) is 11.5 Å². The van der Waals surface area contributed by atoms with Crippen LogP contribution in [-0.2, 0) is 13.0 Å². The lowest BCUT2D eigenvalue weighted by atomic mass is 10.1. The zero-order valence-electron chi connectivity index (χ0n) is 18.0. The van der Waals surface area contributed by atoms with E-state index in [9.17, 15) is 9.59 Å². The maximum atomic E-state index is 12.6. The van der Waals surface area contributed by atoms with E-state index >= 15 is 0 Å². The Morgan fingerprint density at radius 2 is 1.81 bits per heavy atom. The third kappa shape index (κ3) is 5.14. The summed E-state index contributed by atoms with van der Waals surface area (Å²) in [6.07, 6.45) is 0.648. The molecule has 0 aliphatic heterocycles. The van der Waals surface area contributed by atoms with Crippen molar-refractivity contribution in [3.05, 3.63) is 62.6 Å². The number of aromatic nitrogens is 2. The number of fused-ring (bicyclic) bond motifs is 1. The minimum Gasteiger partial charge on any atom is -0.490 e. The molecule has 31 heavy (non-hydrogen) atoms. The summed E-state index contributed by atoms with van der Waals surface area (Å²) in [6, 6.07) is 10.8. The first-order valence-electron chi connectivity index (χ1n) is 10.4. The predicted octanol–water partition coefficient (Wildman–Crippen LogP) is 3.85. The molecule has 0 saturated heterocycles. The molecule has 0 radical (unpaired) electrons. The van der Waals surface area contributed by atoms with E-state index in [0.717, 1.165) is 5.56 Å². The van der Waals surface area contributed by atoms with Crippen LogP contribution < -0.4 is 20.3 Å². The van der Waals surface area contributed by atoms with E-state index in [1.165, 1.54) is 4.57 Å². The number of nitrogens with zero attached hydrogens (tertiary/aromatic N) is 1. The molecule has 0 unspecified atom stereocenters. The first kappa shape index (κ1) is 22.6. The van der Waals surface area contributed by atoms with Crippen molar-refractivity contribution in [2.45, 2.75) is 33.7 Å². The summed E-state index contributed by atoms with van der Waals surface area (Å²) in [5, 5.41) is 3.43. The van der Waals surface area contributed by atoms with Crippen LogP contribution in [-0.4, -0.2) is 35.2 Å². The molecule has 3 aromatic rings. The Kier molecular flexibility index (Phi) is 7.46. The van der Waals surface area contributed by atoms with Crippen molar-refractivity contribution < 1.29 is 14.3 Å². The van der Waals surface area contributed by atoms with Crippen LogP contribution in [0.1, 0.15) is 36.7 Å². The number of benzene rings is 2. The van der Waals surface area contributed by atoms with E-state index in [4.69, 9.17) is 21.7 Å². The van der Waals surface area contributed by atoms with Crippen LogP contribution in [0.2, 0.25) is 0 Å². The van der Waals surface area contributed by atoms with E-state index < -0.39 is 0 Å². The van der Waals surface area contributed by atoms with Crippen molar-refractivity contribution >= 4 is 29.0 Å². The van der Waals surface area contributed by atoms with Crippen molar-refractivity contribution in [1.29, 1.82) is 0 Å². The van der Waals surface area contributed by atoms with Gasteiger partial charge in [-0.15, -0.1) is 0 Å². The second-order valence-electron chi connectivity index (χ2n) is 6.89. The Bertz CT molecular complexity index is 1200. The molecule has 7 nitrogen and oxygen atoms in total. The Balaban J connectivity index is 1.70. The number of carbonyl (C=O) groups is 1. The molecule has 0 aliphatic rings. The molecule has 1 aromatic heterocycles. The molecule has 2 aromatic carbocycles. The molecule has 0 aliphatic carbocycles. The topological polar surface area (TPSA) is 85.4 Å². The van der Waals surface area contributed by atoms with Gasteiger partial charge in [-0.1, -0.05) is 6.07 Å². The molecule has 164 valence electrons. The van der Waals surface area contributed by atoms with Crippen molar-refractivity contribution in [3.8, 4) is 11.5 Å². The van der Waals surface area contributed by atoms with Gasteiger partial charge in [-0.25, -0.2) is 0 Å². The van der Waals surface area contributed by atoms with Crippen molar-refractivity contribution in [1.82, 2.24) is 14.9 Å². The normalized spacial score (nSPS) is 10.8. The molecule has 0 bridgehead atoms. The summed E-state index contributed by atoms with van der Waals surface area (Å²) in [6.45, 7) is 7.79. The molecule has 0 spiro atoms.